The third kappa shape index (κ3) is 5.50. The first-order chi connectivity index (χ1) is 17.7. The monoisotopic (exact) mass is 476 g/mol. The highest BCUT2D eigenvalue weighted by Crippen LogP contribution is 2.37. The van der Waals surface area contributed by atoms with Gasteiger partial charge in [-0.1, -0.05) is 91.9 Å². The van der Waals surface area contributed by atoms with E-state index in [9.17, 15) is 0 Å². The van der Waals surface area contributed by atoms with Crippen LogP contribution in [0.25, 0.3) is 11.1 Å². The molecule has 4 heteroatoms. The summed E-state index contributed by atoms with van der Waals surface area (Å²) in [7, 11) is 1.72. The summed E-state index contributed by atoms with van der Waals surface area (Å²) in [6.45, 7) is 3.46. The number of nitrogens with zero attached hydrogens (tertiary/aromatic N) is 2. The fourth-order valence-electron chi connectivity index (χ4n) is 4.61. The summed E-state index contributed by atoms with van der Waals surface area (Å²) in [4.78, 5) is 0. The summed E-state index contributed by atoms with van der Waals surface area (Å²) >= 11 is 0. The van der Waals surface area contributed by atoms with Crippen LogP contribution >= 0.6 is 0 Å². The minimum absolute atomic E-state index is 0.123. The van der Waals surface area contributed by atoms with E-state index in [0.717, 1.165) is 29.1 Å². The zero-order valence-corrected chi connectivity index (χ0v) is 20.9. The summed E-state index contributed by atoms with van der Waals surface area (Å²) in [6.07, 6.45) is 0.838. The molecule has 1 aliphatic rings. The Labute approximate surface area is 213 Å². The number of hydrazone groups is 1. The first-order valence-electron chi connectivity index (χ1n) is 12.5. The van der Waals surface area contributed by atoms with Crippen LogP contribution in [0.3, 0.4) is 0 Å². The van der Waals surface area contributed by atoms with E-state index in [4.69, 9.17) is 14.6 Å². The molecule has 5 rings (SSSR count). The van der Waals surface area contributed by atoms with Crippen molar-refractivity contribution >= 4 is 11.4 Å². The van der Waals surface area contributed by atoms with Gasteiger partial charge in [-0.25, -0.2) is 0 Å². The molecule has 0 radical (unpaired) electrons. The number of hydrogen-bond acceptors (Lipinski definition) is 4. The molecule has 0 aliphatic carbocycles. The van der Waals surface area contributed by atoms with E-state index in [-0.39, 0.29) is 6.04 Å². The molecule has 0 saturated heterocycles. The van der Waals surface area contributed by atoms with E-state index in [2.05, 4.69) is 109 Å². The van der Waals surface area contributed by atoms with Crippen LogP contribution < -0.4 is 9.75 Å². The summed E-state index contributed by atoms with van der Waals surface area (Å²) in [5.41, 5.74) is 7.00. The second kappa shape index (κ2) is 11.2. The molecule has 0 spiro atoms. The van der Waals surface area contributed by atoms with Gasteiger partial charge in [0.05, 0.1) is 30.7 Å². The minimum atomic E-state index is 0.123. The topological polar surface area (TPSA) is 34.1 Å². The lowest BCUT2D eigenvalue weighted by atomic mass is 9.96. The normalized spacial score (nSPS) is 16.0. The van der Waals surface area contributed by atoms with Gasteiger partial charge in [0, 0.05) is 19.4 Å². The van der Waals surface area contributed by atoms with Crippen LogP contribution in [0.4, 0.5) is 5.69 Å². The van der Waals surface area contributed by atoms with Crippen molar-refractivity contribution < 1.29 is 9.47 Å². The third-order valence-corrected chi connectivity index (χ3v) is 6.51. The molecule has 0 amide bonds. The molecule has 2 atom stereocenters. The molecule has 0 saturated carbocycles. The van der Waals surface area contributed by atoms with Crippen LogP contribution in [-0.4, -0.2) is 26.0 Å². The summed E-state index contributed by atoms with van der Waals surface area (Å²) < 4.78 is 11.2. The molecule has 0 bridgehead atoms. The predicted octanol–water partition coefficient (Wildman–Crippen LogP) is 7.37. The molecular formula is C32H32N2O2. The Morgan fingerprint density at radius 2 is 1.36 bits per heavy atom. The van der Waals surface area contributed by atoms with Gasteiger partial charge in [-0.15, -0.1) is 0 Å². The average Bonchev–Trinajstić information content (AvgIpc) is 3.39. The molecule has 0 fully saturated rings. The lowest BCUT2D eigenvalue weighted by Crippen LogP contribution is -2.18. The van der Waals surface area contributed by atoms with Crippen molar-refractivity contribution in [2.45, 2.75) is 19.4 Å². The Morgan fingerprint density at radius 1 is 0.750 bits per heavy atom. The molecule has 0 aromatic heterocycles. The van der Waals surface area contributed by atoms with Crippen LogP contribution in [0.2, 0.25) is 0 Å². The summed E-state index contributed by atoms with van der Waals surface area (Å²) in [5.74, 6) is 1.23. The maximum Gasteiger partial charge on any atom is 0.119 e. The molecular weight excluding hydrogens is 444 g/mol. The standard InChI is InChI=1S/C32H32N2O2/c1-24(22-35-2)23-36-30-19-17-28(18-20-30)32-21-31(33-34(32)29-11-7-4-8-12-29)27-15-13-26(14-16-27)25-9-5-3-6-10-25/h3-20,24,32H,21-23H2,1-2H3. The van der Waals surface area contributed by atoms with Crippen LogP contribution in [0.5, 0.6) is 5.75 Å². The third-order valence-electron chi connectivity index (χ3n) is 6.51. The van der Waals surface area contributed by atoms with E-state index >= 15 is 0 Å². The maximum atomic E-state index is 5.97. The van der Waals surface area contributed by atoms with Crippen molar-refractivity contribution in [3.05, 3.63) is 120 Å². The second-order valence-corrected chi connectivity index (χ2v) is 9.33. The Morgan fingerprint density at radius 3 is 2.03 bits per heavy atom. The van der Waals surface area contributed by atoms with Crippen molar-refractivity contribution in [1.82, 2.24) is 0 Å². The fourth-order valence-corrected chi connectivity index (χ4v) is 4.61. The Bertz CT molecular complexity index is 1270. The lowest BCUT2D eigenvalue weighted by Gasteiger charge is -2.24. The second-order valence-electron chi connectivity index (χ2n) is 9.33. The van der Waals surface area contributed by atoms with Crippen LogP contribution in [0.1, 0.15) is 30.5 Å². The number of anilines is 1. The average molecular weight is 477 g/mol. The highest BCUT2D eigenvalue weighted by atomic mass is 16.5. The minimum Gasteiger partial charge on any atom is -0.493 e. The molecule has 4 nitrogen and oxygen atoms in total. The van der Waals surface area contributed by atoms with Gasteiger partial charge in [0.25, 0.3) is 0 Å². The van der Waals surface area contributed by atoms with Gasteiger partial charge < -0.3 is 9.47 Å². The zero-order valence-electron chi connectivity index (χ0n) is 20.9. The van der Waals surface area contributed by atoms with E-state index in [0.29, 0.717) is 19.1 Å². The van der Waals surface area contributed by atoms with Gasteiger partial charge >= 0.3 is 0 Å². The van der Waals surface area contributed by atoms with E-state index in [1.54, 1.807) is 7.11 Å². The lowest BCUT2D eigenvalue weighted by molar-refractivity contribution is 0.127. The van der Waals surface area contributed by atoms with Crippen LogP contribution in [0.15, 0.2) is 114 Å². The predicted molar refractivity (Wildman–Crippen MR) is 148 cm³/mol. The zero-order chi connectivity index (χ0) is 24.7. The molecule has 1 heterocycles. The highest BCUT2D eigenvalue weighted by Gasteiger charge is 2.30. The van der Waals surface area contributed by atoms with E-state index in [1.165, 1.54) is 16.7 Å². The first kappa shape index (κ1) is 23.8. The Balaban J connectivity index is 1.37. The van der Waals surface area contributed by atoms with Crippen molar-refractivity contribution in [3.8, 4) is 16.9 Å². The quantitative estimate of drug-likeness (QED) is 0.253. The van der Waals surface area contributed by atoms with Gasteiger partial charge in [0.15, 0.2) is 0 Å². The molecule has 36 heavy (non-hydrogen) atoms. The number of rotatable bonds is 9. The number of hydrogen-bond donors (Lipinski definition) is 0. The van der Waals surface area contributed by atoms with Crippen molar-refractivity contribution in [3.63, 3.8) is 0 Å². The van der Waals surface area contributed by atoms with E-state index in [1.807, 2.05) is 12.1 Å². The van der Waals surface area contributed by atoms with Crippen LogP contribution in [0, 0.1) is 5.92 Å². The van der Waals surface area contributed by atoms with Gasteiger partial charge in [-0.05, 0) is 46.5 Å². The molecule has 4 aromatic rings. The van der Waals surface area contributed by atoms with E-state index < -0.39 is 0 Å². The molecule has 4 aromatic carbocycles. The van der Waals surface area contributed by atoms with Crippen molar-refractivity contribution in [2.24, 2.45) is 11.0 Å². The Hall–Kier alpha value is -3.89. The number of para-hydroxylation sites is 1. The van der Waals surface area contributed by atoms with Gasteiger partial charge in [0.1, 0.15) is 5.75 Å². The largest absolute Gasteiger partial charge is 0.493 e. The smallest absolute Gasteiger partial charge is 0.119 e. The summed E-state index contributed by atoms with van der Waals surface area (Å²) in [5, 5.41) is 7.25. The molecule has 0 N–H and O–H groups in total. The van der Waals surface area contributed by atoms with Crippen molar-refractivity contribution in [1.29, 1.82) is 0 Å². The number of benzene rings is 4. The number of methoxy groups -OCH3 is 1. The SMILES string of the molecule is COCC(C)COc1ccc(C2CC(c3ccc(-c4ccccc4)cc3)=NN2c2ccccc2)cc1. The number of ether oxygens (including phenoxy) is 2. The summed E-state index contributed by atoms with van der Waals surface area (Å²) in [6, 6.07) is 38.2. The highest BCUT2D eigenvalue weighted by molar-refractivity contribution is 6.03. The van der Waals surface area contributed by atoms with Gasteiger partial charge in [0.2, 0.25) is 0 Å². The first-order valence-corrected chi connectivity index (χ1v) is 12.5. The van der Waals surface area contributed by atoms with Crippen molar-refractivity contribution in [2.75, 3.05) is 25.3 Å². The molecule has 182 valence electrons. The van der Waals surface area contributed by atoms with Crippen LogP contribution in [-0.2, 0) is 4.74 Å². The fraction of sp³-hybridized carbons (Fsp3) is 0.219. The Kier molecular flexibility index (Phi) is 7.44. The molecule has 1 aliphatic heterocycles. The van der Waals surface area contributed by atoms with Gasteiger partial charge in [-0.3, -0.25) is 5.01 Å². The maximum absolute atomic E-state index is 5.97. The molecule has 2 unspecified atom stereocenters. The van der Waals surface area contributed by atoms with Gasteiger partial charge in [-0.2, -0.15) is 5.10 Å².